The Hall–Kier alpha value is -1.07. The number of halogens is 1. The molecule has 1 aromatic carbocycles. The van der Waals surface area contributed by atoms with E-state index in [1.165, 1.54) is 7.11 Å². The zero-order valence-corrected chi connectivity index (χ0v) is 11.5. The van der Waals surface area contributed by atoms with Gasteiger partial charge >= 0.3 is 5.97 Å². The monoisotopic (exact) mass is 301 g/mol. The molecule has 0 amide bonds. The van der Waals surface area contributed by atoms with E-state index in [-0.39, 0.29) is 5.97 Å². The average molecular weight is 302 g/mol. The SMILES string of the molecule is COCc1c(Br)cccc1NCCC(=O)OC. The Kier molecular flexibility index (Phi) is 6.00. The van der Waals surface area contributed by atoms with Crippen LogP contribution in [0, 0.1) is 0 Å². The lowest BCUT2D eigenvalue weighted by Crippen LogP contribution is -2.11. The summed E-state index contributed by atoms with van der Waals surface area (Å²) in [7, 11) is 3.04. The lowest BCUT2D eigenvalue weighted by atomic mass is 10.2. The van der Waals surface area contributed by atoms with Crippen molar-refractivity contribution >= 4 is 27.6 Å². The molecule has 0 heterocycles. The van der Waals surface area contributed by atoms with E-state index < -0.39 is 0 Å². The van der Waals surface area contributed by atoms with Crippen molar-refractivity contribution in [3.8, 4) is 0 Å². The predicted octanol–water partition coefficient (Wildman–Crippen LogP) is 2.57. The summed E-state index contributed by atoms with van der Waals surface area (Å²) in [5, 5.41) is 3.19. The van der Waals surface area contributed by atoms with E-state index in [0.717, 1.165) is 15.7 Å². The number of methoxy groups -OCH3 is 2. The molecule has 1 rings (SSSR count). The minimum Gasteiger partial charge on any atom is -0.469 e. The molecule has 0 radical (unpaired) electrons. The van der Waals surface area contributed by atoms with Gasteiger partial charge in [0.25, 0.3) is 0 Å². The van der Waals surface area contributed by atoms with Gasteiger partial charge in [0.2, 0.25) is 0 Å². The van der Waals surface area contributed by atoms with Gasteiger partial charge < -0.3 is 14.8 Å². The van der Waals surface area contributed by atoms with E-state index >= 15 is 0 Å². The number of esters is 1. The second-order valence-corrected chi connectivity index (χ2v) is 4.31. The third kappa shape index (κ3) is 4.36. The van der Waals surface area contributed by atoms with Crippen LogP contribution in [0.5, 0.6) is 0 Å². The Labute approximate surface area is 109 Å². The highest BCUT2D eigenvalue weighted by Gasteiger charge is 2.06. The summed E-state index contributed by atoms with van der Waals surface area (Å²) in [5.74, 6) is -0.221. The lowest BCUT2D eigenvalue weighted by molar-refractivity contribution is -0.140. The van der Waals surface area contributed by atoms with Gasteiger partial charge in [0.05, 0.1) is 20.1 Å². The van der Waals surface area contributed by atoms with Gasteiger partial charge in [-0.3, -0.25) is 4.79 Å². The van der Waals surface area contributed by atoms with Crippen molar-refractivity contribution in [1.82, 2.24) is 0 Å². The largest absolute Gasteiger partial charge is 0.469 e. The number of carbonyl (C=O) groups is 1. The normalized spacial score (nSPS) is 10.1. The topological polar surface area (TPSA) is 47.6 Å². The van der Waals surface area contributed by atoms with Crippen LogP contribution in [0.3, 0.4) is 0 Å². The van der Waals surface area contributed by atoms with E-state index in [9.17, 15) is 4.79 Å². The summed E-state index contributed by atoms with van der Waals surface area (Å²) in [4.78, 5) is 11.0. The summed E-state index contributed by atoms with van der Waals surface area (Å²) >= 11 is 3.47. The van der Waals surface area contributed by atoms with Crippen LogP contribution in [0.25, 0.3) is 0 Å². The van der Waals surface area contributed by atoms with Gasteiger partial charge in [0, 0.05) is 29.4 Å². The zero-order chi connectivity index (χ0) is 12.7. The summed E-state index contributed by atoms with van der Waals surface area (Å²) in [6, 6.07) is 5.85. The van der Waals surface area contributed by atoms with Gasteiger partial charge in [-0.25, -0.2) is 0 Å². The third-order valence-corrected chi connectivity index (χ3v) is 3.02. The number of anilines is 1. The first kappa shape index (κ1) is 14.0. The van der Waals surface area contributed by atoms with Crippen molar-refractivity contribution in [1.29, 1.82) is 0 Å². The van der Waals surface area contributed by atoms with E-state index in [1.54, 1.807) is 7.11 Å². The minimum absolute atomic E-state index is 0.221. The first-order chi connectivity index (χ1) is 8.19. The van der Waals surface area contributed by atoms with Crippen LogP contribution in [0.4, 0.5) is 5.69 Å². The minimum atomic E-state index is -0.221. The molecule has 0 spiro atoms. The molecular formula is C12H16BrNO3. The highest BCUT2D eigenvalue weighted by atomic mass is 79.9. The number of nitrogens with one attached hydrogen (secondary N) is 1. The molecule has 0 saturated heterocycles. The number of rotatable bonds is 6. The maximum Gasteiger partial charge on any atom is 0.307 e. The molecule has 0 fully saturated rings. The Morgan fingerprint density at radius 1 is 1.41 bits per heavy atom. The first-order valence-electron chi connectivity index (χ1n) is 5.26. The number of hydrogen-bond acceptors (Lipinski definition) is 4. The number of benzene rings is 1. The van der Waals surface area contributed by atoms with Crippen LogP contribution in [-0.4, -0.2) is 26.7 Å². The van der Waals surface area contributed by atoms with Crippen LogP contribution in [-0.2, 0) is 20.9 Å². The second kappa shape index (κ2) is 7.29. The lowest BCUT2D eigenvalue weighted by Gasteiger charge is -2.12. The van der Waals surface area contributed by atoms with Gasteiger partial charge in [-0.2, -0.15) is 0 Å². The molecule has 0 atom stereocenters. The molecule has 0 aromatic heterocycles. The Bertz CT molecular complexity index is 382. The standard InChI is InChI=1S/C12H16BrNO3/c1-16-8-9-10(13)4-3-5-11(9)14-7-6-12(15)17-2/h3-5,14H,6-8H2,1-2H3. The summed E-state index contributed by atoms with van der Waals surface area (Å²) < 4.78 is 10.7. The van der Waals surface area contributed by atoms with Crippen molar-refractivity contribution < 1.29 is 14.3 Å². The fourth-order valence-electron chi connectivity index (χ4n) is 1.42. The van der Waals surface area contributed by atoms with Crippen molar-refractivity contribution in [2.24, 2.45) is 0 Å². The highest BCUT2D eigenvalue weighted by molar-refractivity contribution is 9.10. The van der Waals surface area contributed by atoms with Crippen LogP contribution in [0.2, 0.25) is 0 Å². The molecule has 5 heteroatoms. The van der Waals surface area contributed by atoms with Crippen molar-refractivity contribution in [2.45, 2.75) is 13.0 Å². The van der Waals surface area contributed by atoms with E-state index in [4.69, 9.17) is 4.74 Å². The van der Waals surface area contributed by atoms with Crippen LogP contribution in [0.1, 0.15) is 12.0 Å². The van der Waals surface area contributed by atoms with Gasteiger partial charge in [-0.15, -0.1) is 0 Å². The van der Waals surface area contributed by atoms with Gasteiger partial charge in [0.1, 0.15) is 0 Å². The number of carbonyl (C=O) groups excluding carboxylic acids is 1. The molecular weight excluding hydrogens is 286 g/mol. The molecule has 0 aliphatic heterocycles. The van der Waals surface area contributed by atoms with Crippen molar-refractivity contribution in [3.63, 3.8) is 0 Å². The molecule has 17 heavy (non-hydrogen) atoms. The average Bonchev–Trinajstić information content (AvgIpc) is 2.33. The number of hydrogen-bond donors (Lipinski definition) is 1. The van der Waals surface area contributed by atoms with Crippen LogP contribution >= 0.6 is 15.9 Å². The molecule has 1 aromatic rings. The van der Waals surface area contributed by atoms with Crippen LogP contribution < -0.4 is 5.32 Å². The molecule has 1 N–H and O–H groups in total. The predicted molar refractivity (Wildman–Crippen MR) is 70.0 cm³/mol. The third-order valence-electron chi connectivity index (χ3n) is 2.28. The zero-order valence-electron chi connectivity index (χ0n) is 9.96. The second-order valence-electron chi connectivity index (χ2n) is 3.45. The Morgan fingerprint density at radius 3 is 2.82 bits per heavy atom. The first-order valence-corrected chi connectivity index (χ1v) is 6.05. The Morgan fingerprint density at radius 2 is 2.18 bits per heavy atom. The smallest absolute Gasteiger partial charge is 0.307 e. The van der Waals surface area contributed by atoms with Crippen molar-refractivity contribution in [2.75, 3.05) is 26.1 Å². The van der Waals surface area contributed by atoms with Crippen molar-refractivity contribution in [3.05, 3.63) is 28.2 Å². The molecule has 0 bridgehead atoms. The quantitative estimate of drug-likeness (QED) is 0.821. The highest BCUT2D eigenvalue weighted by Crippen LogP contribution is 2.25. The van der Waals surface area contributed by atoms with E-state index in [2.05, 4.69) is 26.0 Å². The van der Waals surface area contributed by atoms with Gasteiger partial charge in [0.15, 0.2) is 0 Å². The maximum absolute atomic E-state index is 11.0. The summed E-state index contributed by atoms with van der Waals surface area (Å²) in [5.41, 5.74) is 2.00. The fourth-order valence-corrected chi connectivity index (χ4v) is 1.90. The molecule has 0 aliphatic carbocycles. The Balaban J connectivity index is 2.63. The summed E-state index contributed by atoms with van der Waals surface area (Å²) in [6.07, 6.45) is 0.343. The molecule has 0 saturated carbocycles. The summed E-state index contributed by atoms with van der Waals surface area (Å²) in [6.45, 7) is 1.06. The van der Waals surface area contributed by atoms with Crippen LogP contribution in [0.15, 0.2) is 22.7 Å². The molecule has 0 aliphatic rings. The molecule has 4 nitrogen and oxygen atoms in total. The van der Waals surface area contributed by atoms with E-state index in [0.29, 0.717) is 19.6 Å². The van der Waals surface area contributed by atoms with Gasteiger partial charge in [-0.1, -0.05) is 22.0 Å². The molecule has 94 valence electrons. The maximum atomic E-state index is 11.0. The van der Waals surface area contributed by atoms with Gasteiger partial charge in [-0.05, 0) is 12.1 Å². The number of ether oxygens (including phenoxy) is 2. The van der Waals surface area contributed by atoms with E-state index in [1.807, 2.05) is 18.2 Å². The fraction of sp³-hybridized carbons (Fsp3) is 0.417. The molecule has 0 unspecified atom stereocenters.